The molecule has 1 fully saturated rings. The topological polar surface area (TPSA) is 66.9 Å². The van der Waals surface area contributed by atoms with Crippen molar-refractivity contribution in [2.24, 2.45) is 0 Å². The summed E-state index contributed by atoms with van der Waals surface area (Å²) >= 11 is 0. The van der Waals surface area contributed by atoms with E-state index in [0.717, 1.165) is 0 Å². The van der Waals surface area contributed by atoms with E-state index in [2.05, 4.69) is 0 Å². The van der Waals surface area contributed by atoms with E-state index in [-0.39, 0.29) is 35.0 Å². The number of carbonyl (C=O) groups excluding carboxylic acids is 2. The molecule has 0 aromatic heterocycles. The molecule has 4 nitrogen and oxygen atoms in total. The van der Waals surface area contributed by atoms with Crippen LogP contribution in [-0.4, -0.2) is 28.4 Å². The molecule has 0 saturated carbocycles. The zero-order valence-corrected chi connectivity index (χ0v) is 10.8. The Morgan fingerprint density at radius 1 is 1.16 bits per heavy atom. The molecular weight excluding hydrogens is 244 g/mol. The van der Waals surface area contributed by atoms with Crippen LogP contribution in [0.1, 0.15) is 36.2 Å². The van der Waals surface area contributed by atoms with Crippen LogP contribution in [0.15, 0.2) is 29.8 Å². The maximum Gasteiger partial charge on any atom is 0.234 e. The Labute approximate surface area is 110 Å². The van der Waals surface area contributed by atoms with Gasteiger partial charge in [-0.3, -0.25) is 9.59 Å². The molecule has 1 aromatic rings. The van der Waals surface area contributed by atoms with Crippen molar-refractivity contribution >= 4 is 17.3 Å². The van der Waals surface area contributed by atoms with E-state index in [1.165, 1.54) is 0 Å². The number of fused-ring (bicyclic) bond motifs is 1. The maximum absolute atomic E-state index is 12.0. The van der Waals surface area contributed by atoms with Crippen molar-refractivity contribution in [2.75, 3.05) is 0 Å². The predicted molar refractivity (Wildman–Crippen MR) is 68.9 cm³/mol. The summed E-state index contributed by atoms with van der Waals surface area (Å²) in [7, 11) is 0. The highest BCUT2D eigenvalue weighted by Gasteiger charge is 2.49. The van der Waals surface area contributed by atoms with Crippen LogP contribution in [0.3, 0.4) is 0 Å². The Morgan fingerprint density at radius 2 is 1.74 bits per heavy atom. The number of ketones is 2. The largest absolute Gasteiger partial charge is 0.507 e. The van der Waals surface area contributed by atoms with E-state index in [9.17, 15) is 14.7 Å². The van der Waals surface area contributed by atoms with E-state index >= 15 is 0 Å². The zero-order chi connectivity index (χ0) is 13.8. The molecule has 1 heterocycles. The van der Waals surface area contributed by atoms with Crippen LogP contribution in [-0.2, 0) is 9.53 Å². The molecule has 1 N–H and O–H groups in total. The van der Waals surface area contributed by atoms with Gasteiger partial charge in [0.1, 0.15) is 5.76 Å². The highest BCUT2D eigenvalue weighted by molar-refractivity contribution is 6.52. The quantitative estimate of drug-likeness (QED) is 0.653. The fraction of sp³-hybridized carbons (Fsp3) is 0.333. The molecule has 3 rings (SSSR count). The average molecular weight is 258 g/mol. The molecule has 1 aliphatic carbocycles. The number of hydrogen-bond acceptors (Lipinski definition) is 4. The lowest BCUT2D eigenvalue weighted by atomic mass is 9.85. The van der Waals surface area contributed by atoms with Gasteiger partial charge in [0.25, 0.3) is 0 Å². The second-order valence-corrected chi connectivity index (χ2v) is 5.45. The Bertz CT molecular complexity index is 625. The molecule has 19 heavy (non-hydrogen) atoms. The first-order valence-corrected chi connectivity index (χ1v) is 6.20. The standard InChI is InChI=1S/C15H14O4/c1-15(2)11(19-15)7-10-12(16)8-5-3-4-6-9(8)13(17)14(10)18/h3-6,11,16H,7H2,1-2H3. The van der Waals surface area contributed by atoms with Crippen molar-refractivity contribution in [1.82, 2.24) is 0 Å². The third-order valence-electron chi connectivity index (χ3n) is 3.75. The van der Waals surface area contributed by atoms with Gasteiger partial charge in [0, 0.05) is 23.1 Å². The van der Waals surface area contributed by atoms with Crippen LogP contribution in [0.2, 0.25) is 0 Å². The van der Waals surface area contributed by atoms with E-state index in [1.807, 2.05) is 13.8 Å². The Kier molecular flexibility index (Phi) is 2.41. The van der Waals surface area contributed by atoms with Gasteiger partial charge < -0.3 is 9.84 Å². The molecule has 0 radical (unpaired) electrons. The molecule has 0 spiro atoms. The Balaban J connectivity index is 2.03. The maximum atomic E-state index is 12.0. The molecule has 1 aromatic carbocycles. The number of rotatable bonds is 2. The van der Waals surface area contributed by atoms with Gasteiger partial charge in [-0.25, -0.2) is 0 Å². The number of ether oxygens (including phenoxy) is 1. The molecule has 2 aliphatic rings. The fourth-order valence-corrected chi connectivity index (χ4v) is 2.41. The van der Waals surface area contributed by atoms with Crippen LogP contribution < -0.4 is 0 Å². The Hall–Kier alpha value is -1.94. The number of Topliss-reactive ketones (excluding diaryl/α,β-unsaturated/α-hetero) is 2. The molecular formula is C15H14O4. The van der Waals surface area contributed by atoms with Gasteiger partial charge in [-0.1, -0.05) is 24.3 Å². The molecule has 4 heteroatoms. The fourth-order valence-electron chi connectivity index (χ4n) is 2.41. The van der Waals surface area contributed by atoms with Crippen LogP contribution in [0, 0.1) is 0 Å². The van der Waals surface area contributed by atoms with Crippen molar-refractivity contribution in [3.05, 3.63) is 41.0 Å². The SMILES string of the molecule is CC1(C)OC1CC1=C(O)c2ccccc2C(=O)C1=O. The first kappa shape index (κ1) is 12.1. The monoisotopic (exact) mass is 258 g/mol. The second-order valence-electron chi connectivity index (χ2n) is 5.45. The minimum absolute atomic E-state index is 0.0912. The van der Waals surface area contributed by atoms with Gasteiger partial charge in [0.2, 0.25) is 11.6 Å². The summed E-state index contributed by atoms with van der Waals surface area (Å²) in [4.78, 5) is 24.0. The molecule has 1 unspecified atom stereocenters. The summed E-state index contributed by atoms with van der Waals surface area (Å²) < 4.78 is 5.42. The smallest absolute Gasteiger partial charge is 0.234 e. The van der Waals surface area contributed by atoms with E-state index < -0.39 is 11.6 Å². The van der Waals surface area contributed by atoms with Gasteiger partial charge in [-0.05, 0) is 13.8 Å². The highest BCUT2D eigenvalue weighted by Crippen LogP contribution is 2.41. The van der Waals surface area contributed by atoms with Gasteiger partial charge in [-0.2, -0.15) is 0 Å². The van der Waals surface area contributed by atoms with Crippen molar-refractivity contribution < 1.29 is 19.4 Å². The van der Waals surface area contributed by atoms with Gasteiger partial charge in [0.05, 0.1) is 11.7 Å². The molecule has 0 bridgehead atoms. The Morgan fingerprint density at radius 3 is 2.32 bits per heavy atom. The minimum Gasteiger partial charge on any atom is -0.507 e. The third-order valence-corrected chi connectivity index (χ3v) is 3.75. The van der Waals surface area contributed by atoms with Crippen LogP contribution in [0.5, 0.6) is 0 Å². The third kappa shape index (κ3) is 1.79. The summed E-state index contributed by atoms with van der Waals surface area (Å²) in [6.45, 7) is 3.83. The number of carbonyl (C=O) groups is 2. The summed E-state index contributed by atoms with van der Waals surface area (Å²) in [5.41, 5.74) is 0.581. The molecule has 1 aliphatic heterocycles. The van der Waals surface area contributed by atoms with Gasteiger partial charge in [-0.15, -0.1) is 0 Å². The lowest BCUT2D eigenvalue weighted by Gasteiger charge is -2.17. The minimum atomic E-state index is -0.623. The molecule has 0 amide bonds. The number of epoxide rings is 1. The number of benzene rings is 1. The summed E-state index contributed by atoms with van der Waals surface area (Å²) in [6.07, 6.45) is 0.157. The normalized spacial score (nSPS) is 24.4. The first-order valence-electron chi connectivity index (χ1n) is 6.20. The zero-order valence-electron chi connectivity index (χ0n) is 10.8. The summed E-state index contributed by atoms with van der Waals surface area (Å²) in [5.74, 6) is -1.27. The first-order chi connectivity index (χ1) is 8.92. The molecule has 1 saturated heterocycles. The van der Waals surface area contributed by atoms with E-state index in [1.54, 1.807) is 24.3 Å². The van der Waals surface area contributed by atoms with Crippen molar-refractivity contribution in [3.8, 4) is 0 Å². The second kappa shape index (κ2) is 3.78. The van der Waals surface area contributed by atoms with E-state index in [0.29, 0.717) is 5.56 Å². The van der Waals surface area contributed by atoms with Crippen LogP contribution in [0.25, 0.3) is 5.76 Å². The lowest BCUT2D eigenvalue weighted by Crippen LogP contribution is -2.25. The van der Waals surface area contributed by atoms with Crippen LogP contribution >= 0.6 is 0 Å². The predicted octanol–water partition coefficient (Wildman–Crippen LogP) is 2.29. The lowest BCUT2D eigenvalue weighted by molar-refractivity contribution is -0.112. The van der Waals surface area contributed by atoms with Crippen molar-refractivity contribution in [2.45, 2.75) is 32.0 Å². The van der Waals surface area contributed by atoms with Crippen LogP contribution in [0.4, 0.5) is 0 Å². The summed E-state index contributed by atoms with van der Waals surface area (Å²) in [5, 5.41) is 10.2. The van der Waals surface area contributed by atoms with Crippen molar-refractivity contribution in [3.63, 3.8) is 0 Å². The highest BCUT2D eigenvalue weighted by atomic mass is 16.6. The molecule has 1 atom stereocenters. The molecule has 98 valence electrons. The van der Waals surface area contributed by atoms with E-state index in [4.69, 9.17) is 4.74 Å². The van der Waals surface area contributed by atoms with Gasteiger partial charge in [0.15, 0.2) is 0 Å². The van der Waals surface area contributed by atoms with Crippen molar-refractivity contribution in [1.29, 1.82) is 0 Å². The number of hydrogen-bond donors (Lipinski definition) is 1. The number of aliphatic hydroxyl groups is 1. The van der Waals surface area contributed by atoms with Gasteiger partial charge >= 0.3 is 0 Å². The number of aliphatic hydroxyl groups excluding tert-OH is 1. The average Bonchev–Trinajstić information content (AvgIpc) is 2.99. The summed E-state index contributed by atoms with van der Waals surface area (Å²) in [6, 6.07) is 6.61.